The normalized spacial score (nSPS) is 17.7. The number of carboxylic acid groups (broad SMARTS) is 1. The van der Waals surface area contributed by atoms with Gasteiger partial charge in [0.2, 0.25) is 5.91 Å². The molecule has 1 aliphatic rings. The van der Waals surface area contributed by atoms with E-state index < -0.39 is 22.9 Å². The number of hydrogen-bond donors (Lipinski definition) is 2. The minimum Gasteiger partial charge on any atom is -0.489 e. The lowest BCUT2D eigenvalue weighted by Crippen LogP contribution is -2.26. The minimum absolute atomic E-state index is 0.0680. The van der Waals surface area contributed by atoms with Crippen molar-refractivity contribution < 1.29 is 23.8 Å². The third kappa shape index (κ3) is 6.03. The highest BCUT2D eigenvalue weighted by Crippen LogP contribution is 2.22. The number of nitrogens with zero attached hydrogens (tertiary/aromatic N) is 2. The average molecular weight is 436 g/mol. The Morgan fingerprint density at radius 1 is 1.31 bits per heavy atom. The topological polar surface area (TPSA) is 100 Å². The summed E-state index contributed by atoms with van der Waals surface area (Å²) in [6.07, 6.45) is 1.20. The average Bonchev–Trinajstić information content (AvgIpc) is 3.01. The largest absolute Gasteiger partial charge is 0.489 e. The van der Waals surface area contributed by atoms with Crippen LogP contribution in [0.25, 0.3) is 0 Å². The van der Waals surface area contributed by atoms with Crippen LogP contribution in [0.15, 0.2) is 52.7 Å². The summed E-state index contributed by atoms with van der Waals surface area (Å²) in [6.45, 7) is 0.0680. The van der Waals surface area contributed by atoms with Crippen molar-refractivity contribution in [3.63, 3.8) is 0 Å². The number of benzene rings is 2. The summed E-state index contributed by atoms with van der Waals surface area (Å²) in [5.74, 6) is -1.32. The molecule has 0 radical (unpaired) electrons. The Morgan fingerprint density at radius 2 is 2.07 bits per heavy atom. The van der Waals surface area contributed by atoms with Crippen LogP contribution < -0.4 is 10.1 Å². The van der Waals surface area contributed by atoms with Crippen molar-refractivity contribution in [3.05, 3.63) is 64.4 Å². The number of carbonyl (C=O) groups excluding carboxylic acids is 1. The summed E-state index contributed by atoms with van der Waals surface area (Å²) >= 11 is 6.75. The van der Waals surface area contributed by atoms with Gasteiger partial charge in [0.05, 0.1) is 12.6 Å². The summed E-state index contributed by atoms with van der Waals surface area (Å²) in [4.78, 5) is 22.3. The number of nitrogens with one attached hydrogen (secondary N) is 1. The van der Waals surface area contributed by atoms with E-state index in [0.29, 0.717) is 16.3 Å². The third-order valence-electron chi connectivity index (χ3n) is 3.78. The number of carbonyl (C=O) groups is 2. The zero-order chi connectivity index (χ0) is 20.8. The van der Waals surface area contributed by atoms with Crippen LogP contribution in [-0.4, -0.2) is 33.6 Å². The van der Waals surface area contributed by atoms with Crippen LogP contribution in [0.2, 0.25) is 5.02 Å². The molecule has 150 valence electrons. The maximum atomic E-state index is 13.7. The van der Waals surface area contributed by atoms with E-state index in [9.17, 15) is 14.0 Å². The number of amidine groups is 1. The first-order valence-electron chi connectivity index (χ1n) is 8.38. The highest BCUT2D eigenvalue weighted by molar-refractivity contribution is 8.15. The molecule has 1 heterocycles. The zero-order valence-corrected chi connectivity index (χ0v) is 16.4. The molecule has 1 fully saturated rings. The third-order valence-corrected chi connectivity index (χ3v) is 5.09. The summed E-state index contributed by atoms with van der Waals surface area (Å²) in [5, 5.41) is 18.9. The van der Waals surface area contributed by atoms with Crippen molar-refractivity contribution in [1.29, 1.82) is 0 Å². The Hall–Kier alpha value is -2.91. The van der Waals surface area contributed by atoms with E-state index in [4.69, 9.17) is 21.4 Å². The first-order chi connectivity index (χ1) is 13.9. The highest BCUT2D eigenvalue weighted by atomic mass is 35.5. The van der Waals surface area contributed by atoms with Gasteiger partial charge in [-0.25, -0.2) is 4.39 Å². The van der Waals surface area contributed by atoms with Crippen molar-refractivity contribution in [3.8, 4) is 5.75 Å². The molecule has 0 saturated carbocycles. The smallest absolute Gasteiger partial charge is 0.305 e. The van der Waals surface area contributed by atoms with Crippen molar-refractivity contribution in [2.24, 2.45) is 10.2 Å². The Labute approximate surface area is 174 Å². The Balaban J connectivity index is 1.54. The molecule has 3 rings (SSSR count). The van der Waals surface area contributed by atoms with E-state index in [0.717, 1.165) is 17.3 Å². The molecular weight excluding hydrogens is 421 g/mol. The number of amides is 1. The molecule has 2 N–H and O–H groups in total. The number of rotatable bonds is 7. The Bertz CT molecular complexity index is 982. The molecule has 7 nitrogen and oxygen atoms in total. The van der Waals surface area contributed by atoms with Crippen LogP contribution in [0.3, 0.4) is 0 Å². The van der Waals surface area contributed by atoms with Crippen LogP contribution in [0, 0.1) is 5.82 Å². The van der Waals surface area contributed by atoms with Crippen LogP contribution in [-0.2, 0) is 16.2 Å². The molecule has 29 heavy (non-hydrogen) atoms. The standard InChI is InChI=1S/C19H15ClFN3O4S/c20-13-4-3-12(15(21)7-13)10-28-14-5-1-11(2-6-14)9-22-24-19-23-18(27)16(29-19)8-17(25)26/h1-7,9,16H,8,10H2,(H,25,26)(H,23,24,27). The van der Waals surface area contributed by atoms with E-state index in [2.05, 4.69) is 15.5 Å². The van der Waals surface area contributed by atoms with Crippen LogP contribution in [0.1, 0.15) is 17.5 Å². The van der Waals surface area contributed by atoms with E-state index in [1.54, 1.807) is 36.4 Å². The van der Waals surface area contributed by atoms with Crippen LogP contribution >= 0.6 is 23.4 Å². The van der Waals surface area contributed by atoms with Gasteiger partial charge in [-0.1, -0.05) is 29.4 Å². The molecule has 0 aromatic heterocycles. The van der Waals surface area contributed by atoms with Crippen molar-refractivity contribution in [2.75, 3.05) is 0 Å². The van der Waals surface area contributed by atoms with Gasteiger partial charge in [0.15, 0.2) is 5.17 Å². The summed E-state index contributed by atoms with van der Waals surface area (Å²) in [5.41, 5.74) is 1.13. The minimum atomic E-state index is -1.05. The Morgan fingerprint density at radius 3 is 2.76 bits per heavy atom. The second-order valence-corrected chi connectivity index (χ2v) is 7.56. The Kier molecular flexibility index (Phi) is 6.84. The fourth-order valence-corrected chi connectivity index (χ4v) is 3.42. The summed E-state index contributed by atoms with van der Waals surface area (Å²) in [7, 11) is 0. The van der Waals surface area contributed by atoms with Gasteiger partial charge in [-0.3, -0.25) is 9.59 Å². The van der Waals surface area contributed by atoms with Gasteiger partial charge in [-0.05, 0) is 42.0 Å². The molecule has 1 atom stereocenters. The highest BCUT2D eigenvalue weighted by Gasteiger charge is 2.32. The molecular formula is C19H15ClFN3O4S. The second-order valence-electron chi connectivity index (χ2n) is 5.94. The molecule has 1 saturated heterocycles. The fraction of sp³-hybridized carbons (Fsp3) is 0.158. The van der Waals surface area contributed by atoms with Crippen molar-refractivity contribution in [1.82, 2.24) is 5.32 Å². The van der Waals surface area contributed by atoms with E-state index >= 15 is 0 Å². The van der Waals surface area contributed by atoms with Crippen LogP contribution in [0.5, 0.6) is 5.75 Å². The molecule has 2 aromatic carbocycles. The molecule has 1 aliphatic heterocycles. The lowest BCUT2D eigenvalue weighted by molar-refractivity contribution is -0.138. The number of aliphatic carboxylic acids is 1. The van der Waals surface area contributed by atoms with Gasteiger partial charge in [0.25, 0.3) is 0 Å². The lowest BCUT2D eigenvalue weighted by Gasteiger charge is -2.07. The lowest BCUT2D eigenvalue weighted by atomic mass is 10.2. The van der Waals surface area contributed by atoms with Crippen LogP contribution in [0.4, 0.5) is 4.39 Å². The number of halogens is 2. The fourth-order valence-electron chi connectivity index (χ4n) is 2.34. The van der Waals surface area contributed by atoms with Gasteiger partial charge in [-0.15, -0.1) is 5.10 Å². The van der Waals surface area contributed by atoms with Gasteiger partial charge in [0, 0.05) is 10.6 Å². The molecule has 1 amide bonds. The van der Waals surface area contributed by atoms with Gasteiger partial charge >= 0.3 is 5.97 Å². The molecule has 2 aromatic rings. The maximum absolute atomic E-state index is 13.7. The molecule has 10 heteroatoms. The van der Waals surface area contributed by atoms with Crippen molar-refractivity contribution >= 4 is 46.6 Å². The molecule has 1 unspecified atom stereocenters. The first kappa shape index (κ1) is 20.8. The quantitative estimate of drug-likeness (QED) is 0.512. The first-order valence-corrected chi connectivity index (χ1v) is 9.63. The zero-order valence-electron chi connectivity index (χ0n) is 14.8. The SMILES string of the molecule is O=C(O)CC1SC(=NN=Cc2ccc(OCc3ccc(Cl)cc3F)cc2)NC1=O. The van der Waals surface area contributed by atoms with E-state index in [1.807, 2.05) is 0 Å². The monoisotopic (exact) mass is 435 g/mol. The van der Waals surface area contributed by atoms with E-state index in [1.165, 1.54) is 12.3 Å². The molecule has 0 aliphatic carbocycles. The summed E-state index contributed by atoms with van der Waals surface area (Å²) in [6, 6.07) is 11.3. The second kappa shape index (κ2) is 9.53. The van der Waals surface area contributed by atoms with E-state index in [-0.39, 0.29) is 18.2 Å². The number of thioether (sulfide) groups is 1. The number of ether oxygens (including phenoxy) is 1. The number of carboxylic acids is 1. The van der Waals surface area contributed by atoms with Gasteiger partial charge in [0.1, 0.15) is 23.4 Å². The molecule has 0 bridgehead atoms. The molecule has 0 spiro atoms. The number of hydrogen-bond acceptors (Lipinski definition) is 6. The predicted molar refractivity (Wildman–Crippen MR) is 109 cm³/mol. The maximum Gasteiger partial charge on any atom is 0.305 e. The van der Waals surface area contributed by atoms with Gasteiger partial charge in [-0.2, -0.15) is 5.10 Å². The summed E-state index contributed by atoms with van der Waals surface area (Å²) < 4.78 is 19.3. The predicted octanol–water partition coefficient (Wildman–Crippen LogP) is 3.45. The van der Waals surface area contributed by atoms with Gasteiger partial charge < -0.3 is 15.2 Å². The van der Waals surface area contributed by atoms with Crippen molar-refractivity contribution in [2.45, 2.75) is 18.3 Å².